The van der Waals surface area contributed by atoms with E-state index in [0.717, 1.165) is 11.1 Å². The van der Waals surface area contributed by atoms with E-state index in [1.165, 1.54) is 19.2 Å². The second kappa shape index (κ2) is 10.4. The van der Waals surface area contributed by atoms with Crippen LogP contribution in [0.2, 0.25) is 0 Å². The zero-order chi connectivity index (χ0) is 24.9. The van der Waals surface area contributed by atoms with Gasteiger partial charge in [0.1, 0.15) is 17.3 Å². The molecular formula is C27H25FN2O5. The maximum absolute atomic E-state index is 14.1. The van der Waals surface area contributed by atoms with E-state index in [-0.39, 0.29) is 12.5 Å². The highest BCUT2D eigenvalue weighted by Gasteiger charge is 2.25. The first-order chi connectivity index (χ1) is 16.9. The minimum atomic E-state index is -0.622. The van der Waals surface area contributed by atoms with Gasteiger partial charge in [-0.3, -0.25) is 14.8 Å². The SMILES string of the molecule is COc1ccc(C=C(C(=O)N2CCc3ccc(C(=O)NO)cc3C2)c2cccc(F)c2)c(OC)c1. The summed E-state index contributed by atoms with van der Waals surface area (Å²) in [5, 5.41) is 8.95. The molecule has 0 bridgehead atoms. The van der Waals surface area contributed by atoms with Gasteiger partial charge in [-0.2, -0.15) is 0 Å². The van der Waals surface area contributed by atoms with Crippen molar-refractivity contribution in [3.05, 3.63) is 94.3 Å². The first-order valence-electron chi connectivity index (χ1n) is 11.0. The number of fused-ring (bicyclic) bond motifs is 1. The van der Waals surface area contributed by atoms with Crippen LogP contribution in [0, 0.1) is 5.82 Å². The third-order valence-electron chi connectivity index (χ3n) is 5.98. The zero-order valence-electron chi connectivity index (χ0n) is 19.4. The molecule has 1 heterocycles. The number of carbonyl (C=O) groups is 2. The van der Waals surface area contributed by atoms with E-state index in [4.69, 9.17) is 14.7 Å². The van der Waals surface area contributed by atoms with Crippen LogP contribution in [0.3, 0.4) is 0 Å². The molecule has 35 heavy (non-hydrogen) atoms. The van der Waals surface area contributed by atoms with Crippen LogP contribution in [0.4, 0.5) is 4.39 Å². The largest absolute Gasteiger partial charge is 0.497 e. The second-order valence-corrected chi connectivity index (χ2v) is 8.08. The minimum absolute atomic E-state index is 0.271. The Kier molecular flexibility index (Phi) is 7.12. The van der Waals surface area contributed by atoms with Crippen LogP contribution in [0.1, 0.15) is 32.6 Å². The van der Waals surface area contributed by atoms with Gasteiger partial charge in [0, 0.05) is 35.9 Å². The normalized spacial score (nSPS) is 13.1. The molecule has 1 aliphatic rings. The molecule has 0 saturated heterocycles. The molecule has 1 aliphatic heterocycles. The average molecular weight is 477 g/mol. The number of halogens is 1. The predicted octanol–water partition coefficient (Wildman–Crippen LogP) is 4.09. The molecule has 0 spiro atoms. The second-order valence-electron chi connectivity index (χ2n) is 8.08. The molecule has 2 N–H and O–H groups in total. The number of rotatable bonds is 6. The van der Waals surface area contributed by atoms with E-state index in [0.29, 0.717) is 46.7 Å². The number of nitrogens with one attached hydrogen (secondary N) is 1. The Bertz CT molecular complexity index is 1300. The molecule has 0 saturated carbocycles. The Morgan fingerprint density at radius 1 is 1.00 bits per heavy atom. The van der Waals surface area contributed by atoms with Crippen LogP contribution < -0.4 is 15.0 Å². The standard InChI is InChI=1S/C27H25FN2O5/c1-34-23-9-8-19(25(15-23)35-2)14-24(18-4-3-5-22(28)13-18)27(32)30-11-10-17-6-7-20(26(31)29-33)12-21(17)16-30/h3-9,12-15,33H,10-11,16H2,1-2H3,(H,29,31). The molecule has 7 nitrogen and oxygen atoms in total. The van der Waals surface area contributed by atoms with E-state index >= 15 is 0 Å². The topological polar surface area (TPSA) is 88.1 Å². The van der Waals surface area contributed by atoms with Gasteiger partial charge in [-0.1, -0.05) is 18.2 Å². The highest BCUT2D eigenvalue weighted by atomic mass is 19.1. The van der Waals surface area contributed by atoms with Crippen LogP contribution in [0.5, 0.6) is 11.5 Å². The smallest absolute Gasteiger partial charge is 0.274 e. The Labute approximate surface area is 202 Å². The first kappa shape index (κ1) is 24.0. The lowest BCUT2D eigenvalue weighted by Gasteiger charge is -2.30. The number of methoxy groups -OCH3 is 2. The molecule has 0 aromatic heterocycles. The molecule has 0 fully saturated rings. The fourth-order valence-corrected chi connectivity index (χ4v) is 4.12. The van der Waals surface area contributed by atoms with Crippen molar-refractivity contribution in [1.29, 1.82) is 0 Å². The molecule has 0 atom stereocenters. The Hall–Kier alpha value is -4.17. The summed E-state index contributed by atoms with van der Waals surface area (Å²) >= 11 is 0. The van der Waals surface area contributed by atoms with Gasteiger partial charge in [0.2, 0.25) is 0 Å². The molecule has 0 radical (unpaired) electrons. The lowest BCUT2D eigenvalue weighted by Crippen LogP contribution is -2.36. The summed E-state index contributed by atoms with van der Waals surface area (Å²) in [5.74, 6) is -0.242. The van der Waals surface area contributed by atoms with E-state index in [9.17, 15) is 14.0 Å². The number of hydrogen-bond donors (Lipinski definition) is 2. The molecule has 0 aliphatic carbocycles. The highest BCUT2D eigenvalue weighted by molar-refractivity contribution is 6.24. The van der Waals surface area contributed by atoms with Crippen molar-refractivity contribution in [2.45, 2.75) is 13.0 Å². The summed E-state index contributed by atoms with van der Waals surface area (Å²) in [7, 11) is 3.08. The van der Waals surface area contributed by atoms with Crippen molar-refractivity contribution < 1.29 is 28.7 Å². The van der Waals surface area contributed by atoms with Crippen molar-refractivity contribution in [2.24, 2.45) is 0 Å². The van der Waals surface area contributed by atoms with E-state index in [1.54, 1.807) is 66.0 Å². The quantitative estimate of drug-likeness (QED) is 0.242. The van der Waals surface area contributed by atoms with Gasteiger partial charge in [0.25, 0.3) is 11.8 Å². The fraction of sp³-hybridized carbons (Fsp3) is 0.185. The summed E-state index contributed by atoms with van der Waals surface area (Å²) in [5.41, 5.74) is 5.14. The summed E-state index contributed by atoms with van der Waals surface area (Å²) in [6.45, 7) is 0.733. The Morgan fingerprint density at radius 2 is 1.83 bits per heavy atom. The third kappa shape index (κ3) is 5.17. The number of carbonyl (C=O) groups excluding carboxylic acids is 2. The number of hydroxylamine groups is 1. The zero-order valence-corrected chi connectivity index (χ0v) is 19.4. The first-order valence-corrected chi connectivity index (χ1v) is 11.0. The molecule has 3 aromatic carbocycles. The van der Waals surface area contributed by atoms with Crippen LogP contribution in [0.15, 0.2) is 60.7 Å². The van der Waals surface area contributed by atoms with E-state index < -0.39 is 11.7 Å². The lowest BCUT2D eigenvalue weighted by molar-refractivity contribution is -0.125. The van der Waals surface area contributed by atoms with E-state index in [1.807, 2.05) is 6.07 Å². The molecule has 180 valence electrons. The highest BCUT2D eigenvalue weighted by Crippen LogP contribution is 2.31. The van der Waals surface area contributed by atoms with Gasteiger partial charge in [-0.05, 0) is 65.6 Å². The molecule has 2 amide bonds. The van der Waals surface area contributed by atoms with Crippen molar-refractivity contribution in [1.82, 2.24) is 10.4 Å². The number of benzene rings is 3. The summed E-state index contributed by atoms with van der Waals surface area (Å²) in [6, 6.07) is 16.3. The van der Waals surface area contributed by atoms with Gasteiger partial charge in [-0.25, -0.2) is 9.87 Å². The van der Waals surface area contributed by atoms with Gasteiger partial charge in [-0.15, -0.1) is 0 Å². The Balaban J connectivity index is 1.73. The molecule has 0 unspecified atom stereocenters. The Morgan fingerprint density at radius 3 is 2.54 bits per heavy atom. The molecule has 3 aromatic rings. The number of ether oxygens (including phenoxy) is 2. The van der Waals surface area contributed by atoms with Crippen molar-refractivity contribution in [2.75, 3.05) is 20.8 Å². The van der Waals surface area contributed by atoms with Crippen LogP contribution in [0.25, 0.3) is 11.6 Å². The minimum Gasteiger partial charge on any atom is -0.497 e. The number of amides is 2. The van der Waals surface area contributed by atoms with Gasteiger partial charge < -0.3 is 14.4 Å². The van der Waals surface area contributed by atoms with Gasteiger partial charge in [0.15, 0.2) is 0 Å². The van der Waals surface area contributed by atoms with Gasteiger partial charge in [0.05, 0.1) is 14.2 Å². The number of hydrogen-bond acceptors (Lipinski definition) is 5. The third-order valence-corrected chi connectivity index (χ3v) is 5.98. The summed E-state index contributed by atoms with van der Waals surface area (Å²) in [6.07, 6.45) is 2.28. The van der Waals surface area contributed by atoms with Gasteiger partial charge >= 0.3 is 0 Å². The van der Waals surface area contributed by atoms with Crippen molar-refractivity contribution in [3.8, 4) is 11.5 Å². The van der Waals surface area contributed by atoms with Crippen LogP contribution >= 0.6 is 0 Å². The fourth-order valence-electron chi connectivity index (χ4n) is 4.12. The predicted molar refractivity (Wildman–Crippen MR) is 129 cm³/mol. The van der Waals surface area contributed by atoms with Crippen LogP contribution in [-0.2, 0) is 17.8 Å². The van der Waals surface area contributed by atoms with Crippen molar-refractivity contribution >= 4 is 23.5 Å². The average Bonchev–Trinajstić information content (AvgIpc) is 2.90. The molecular weight excluding hydrogens is 451 g/mol. The maximum atomic E-state index is 14.1. The van der Waals surface area contributed by atoms with Crippen LogP contribution in [-0.4, -0.2) is 42.7 Å². The van der Waals surface area contributed by atoms with E-state index in [2.05, 4.69) is 0 Å². The monoisotopic (exact) mass is 476 g/mol. The lowest BCUT2D eigenvalue weighted by atomic mass is 9.95. The van der Waals surface area contributed by atoms with Crippen molar-refractivity contribution in [3.63, 3.8) is 0 Å². The summed E-state index contributed by atoms with van der Waals surface area (Å²) < 4.78 is 24.9. The molecule has 4 rings (SSSR count). The maximum Gasteiger partial charge on any atom is 0.274 e. The summed E-state index contributed by atoms with van der Waals surface area (Å²) in [4.78, 5) is 27.3. The molecule has 8 heteroatoms. The number of nitrogens with zero attached hydrogens (tertiary/aromatic N) is 1.